The molecule has 0 radical (unpaired) electrons. The summed E-state index contributed by atoms with van der Waals surface area (Å²) in [6.45, 7) is 8.34. The van der Waals surface area contributed by atoms with Crippen molar-refractivity contribution in [3.05, 3.63) is 114 Å². The second-order valence-corrected chi connectivity index (χ2v) is 11.3. The molecule has 0 atom stereocenters. The van der Waals surface area contributed by atoms with E-state index in [0.717, 1.165) is 43.1 Å². The molecule has 40 heavy (non-hydrogen) atoms. The van der Waals surface area contributed by atoms with Gasteiger partial charge in [-0.3, -0.25) is 9.78 Å². The number of piperidine rings is 1. The molecule has 2 heterocycles. The Balaban J connectivity index is 0.000000175. The molecule has 0 aliphatic carbocycles. The summed E-state index contributed by atoms with van der Waals surface area (Å²) in [5, 5.41) is 7.66. The highest BCUT2D eigenvalue weighted by atomic mass is 16.2. The third-order valence-corrected chi connectivity index (χ3v) is 8.50. The van der Waals surface area contributed by atoms with E-state index < -0.39 is 0 Å². The Bertz CT molecular complexity index is 1750. The molecule has 0 N–H and O–H groups in total. The molecule has 6 aromatic rings. The maximum atomic E-state index is 12.9. The van der Waals surface area contributed by atoms with E-state index in [1.165, 1.54) is 49.0 Å². The maximum absolute atomic E-state index is 12.9. The second kappa shape index (κ2) is 11.1. The zero-order valence-electron chi connectivity index (χ0n) is 23.7. The molecule has 0 bridgehead atoms. The standard InChI is InChI=1S/C24H23NO.C13H13N/c1-16-11-13-25(14-12-16)22(26)15-20-8-7-19-6-5-17-3-2-4-18-9-10-21(20)24(19)23(17)18;1-10-6-5-7-11(2)13(10)12-8-3-4-9-14-12/h2-10,16H,11-15H2,1H3;3-9H,1-2H3. The monoisotopic (exact) mass is 524 g/mol. The molecule has 0 spiro atoms. The van der Waals surface area contributed by atoms with E-state index in [-0.39, 0.29) is 5.91 Å². The molecule has 0 saturated carbocycles. The number of carbonyl (C=O) groups is 1. The van der Waals surface area contributed by atoms with E-state index in [2.05, 4.69) is 110 Å². The second-order valence-electron chi connectivity index (χ2n) is 11.3. The molecule has 1 amide bonds. The fourth-order valence-electron chi connectivity index (χ4n) is 6.21. The van der Waals surface area contributed by atoms with Gasteiger partial charge in [0.05, 0.1) is 12.1 Å². The first-order chi connectivity index (χ1) is 19.5. The molecule has 1 aromatic heterocycles. The Labute approximate surface area is 236 Å². The van der Waals surface area contributed by atoms with Crippen molar-refractivity contribution < 1.29 is 4.79 Å². The first-order valence-electron chi connectivity index (χ1n) is 14.4. The predicted molar refractivity (Wildman–Crippen MR) is 168 cm³/mol. The van der Waals surface area contributed by atoms with Gasteiger partial charge in [0.1, 0.15) is 0 Å². The zero-order valence-corrected chi connectivity index (χ0v) is 23.7. The van der Waals surface area contributed by atoms with Gasteiger partial charge >= 0.3 is 0 Å². The van der Waals surface area contributed by atoms with Crippen LogP contribution in [0.1, 0.15) is 36.5 Å². The number of carbonyl (C=O) groups excluding carboxylic acids is 1. The zero-order chi connectivity index (χ0) is 27.6. The Morgan fingerprint density at radius 1 is 0.750 bits per heavy atom. The summed E-state index contributed by atoms with van der Waals surface area (Å²) in [5.41, 5.74) is 6.03. The minimum atomic E-state index is 0.270. The number of hydrogen-bond donors (Lipinski definition) is 0. The minimum absolute atomic E-state index is 0.270. The first-order valence-corrected chi connectivity index (χ1v) is 14.4. The summed E-state index contributed by atoms with van der Waals surface area (Å²) in [6.07, 6.45) is 4.60. The number of amides is 1. The van der Waals surface area contributed by atoms with Gasteiger partial charge in [-0.05, 0) is 93.7 Å². The van der Waals surface area contributed by atoms with E-state index in [1.807, 2.05) is 18.3 Å². The highest BCUT2D eigenvalue weighted by Crippen LogP contribution is 2.36. The fraction of sp³-hybridized carbons (Fsp3) is 0.243. The number of nitrogens with zero attached hydrogens (tertiary/aromatic N) is 2. The highest BCUT2D eigenvalue weighted by molar-refractivity contribution is 6.23. The van der Waals surface area contributed by atoms with Crippen LogP contribution in [0.15, 0.2) is 97.2 Å². The molecule has 0 unspecified atom stereocenters. The smallest absolute Gasteiger partial charge is 0.227 e. The molecule has 3 nitrogen and oxygen atoms in total. The van der Waals surface area contributed by atoms with E-state index in [9.17, 15) is 4.79 Å². The van der Waals surface area contributed by atoms with Crippen LogP contribution in [0.5, 0.6) is 0 Å². The Kier molecular flexibility index (Phi) is 7.21. The van der Waals surface area contributed by atoms with Gasteiger partial charge in [-0.25, -0.2) is 0 Å². The van der Waals surface area contributed by atoms with Gasteiger partial charge in [0.2, 0.25) is 5.91 Å². The van der Waals surface area contributed by atoms with Crippen molar-refractivity contribution in [3.8, 4) is 11.3 Å². The topological polar surface area (TPSA) is 33.2 Å². The van der Waals surface area contributed by atoms with Gasteiger partial charge in [0, 0.05) is 24.8 Å². The molecule has 1 aliphatic heterocycles. The van der Waals surface area contributed by atoms with E-state index in [4.69, 9.17) is 0 Å². The quantitative estimate of drug-likeness (QED) is 0.217. The number of likely N-dealkylation sites (tertiary alicyclic amines) is 1. The SMILES string of the molecule is CC1CCN(C(=O)Cc2ccc3ccc4cccc5ccc2c3c45)CC1.Cc1cccc(C)c1-c1ccccn1. The number of pyridine rings is 1. The molecule has 200 valence electrons. The maximum Gasteiger partial charge on any atom is 0.227 e. The molecular weight excluding hydrogens is 488 g/mol. The van der Waals surface area contributed by atoms with Crippen LogP contribution in [0.2, 0.25) is 0 Å². The number of aryl methyl sites for hydroxylation is 2. The third kappa shape index (κ3) is 5.04. The molecule has 7 rings (SSSR count). The number of hydrogen-bond acceptors (Lipinski definition) is 2. The van der Waals surface area contributed by atoms with Crippen molar-refractivity contribution >= 4 is 38.2 Å². The van der Waals surface area contributed by atoms with Crippen LogP contribution in [-0.4, -0.2) is 28.9 Å². The van der Waals surface area contributed by atoms with Crippen molar-refractivity contribution in [1.82, 2.24) is 9.88 Å². The normalized spacial score (nSPS) is 14.0. The summed E-state index contributed by atoms with van der Waals surface area (Å²) < 4.78 is 0. The molecule has 1 fully saturated rings. The van der Waals surface area contributed by atoms with Crippen molar-refractivity contribution in [2.75, 3.05) is 13.1 Å². The van der Waals surface area contributed by atoms with Crippen molar-refractivity contribution in [2.45, 2.75) is 40.0 Å². The van der Waals surface area contributed by atoms with Gasteiger partial charge < -0.3 is 4.90 Å². The van der Waals surface area contributed by atoms with Crippen molar-refractivity contribution in [2.24, 2.45) is 5.92 Å². The van der Waals surface area contributed by atoms with Crippen LogP contribution in [0.25, 0.3) is 43.6 Å². The number of benzene rings is 5. The van der Waals surface area contributed by atoms with Crippen LogP contribution in [0.3, 0.4) is 0 Å². The van der Waals surface area contributed by atoms with Gasteiger partial charge in [-0.2, -0.15) is 0 Å². The summed E-state index contributed by atoms with van der Waals surface area (Å²) in [6, 6.07) is 31.9. The largest absolute Gasteiger partial charge is 0.342 e. The summed E-state index contributed by atoms with van der Waals surface area (Å²) in [5.74, 6) is 1.01. The lowest BCUT2D eigenvalue weighted by atomic mass is 9.91. The lowest BCUT2D eigenvalue weighted by Crippen LogP contribution is -2.38. The summed E-state index contributed by atoms with van der Waals surface area (Å²) in [7, 11) is 0. The van der Waals surface area contributed by atoms with Gasteiger partial charge in [0.25, 0.3) is 0 Å². The third-order valence-electron chi connectivity index (χ3n) is 8.50. The van der Waals surface area contributed by atoms with Crippen LogP contribution >= 0.6 is 0 Å². The summed E-state index contributed by atoms with van der Waals surface area (Å²) in [4.78, 5) is 19.3. The Morgan fingerprint density at radius 3 is 2.05 bits per heavy atom. The fourth-order valence-corrected chi connectivity index (χ4v) is 6.21. The molecule has 1 aliphatic rings. The van der Waals surface area contributed by atoms with E-state index in [0.29, 0.717) is 6.42 Å². The average Bonchev–Trinajstić information content (AvgIpc) is 2.98. The van der Waals surface area contributed by atoms with Crippen LogP contribution in [0, 0.1) is 19.8 Å². The van der Waals surface area contributed by atoms with Crippen LogP contribution in [0.4, 0.5) is 0 Å². The van der Waals surface area contributed by atoms with E-state index >= 15 is 0 Å². The molecule has 3 heteroatoms. The average molecular weight is 525 g/mol. The van der Waals surface area contributed by atoms with Crippen LogP contribution in [-0.2, 0) is 11.2 Å². The minimum Gasteiger partial charge on any atom is -0.342 e. The molecule has 5 aromatic carbocycles. The van der Waals surface area contributed by atoms with Crippen LogP contribution < -0.4 is 0 Å². The van der Waals surface area contributed by atoms with Gasteiger partial charge in [-0.15, -0.1) is 0 Å². The Morgan fingerprint density at radius 2 is 1.38 bits per heavy atom. The molecular formula is C37H36N2O. The lowest BCUT2D eigenvalue weighted by Gasteiger charge is -2.30. The molecule has 1 saturated heterocycles. The number of aromatic nitrogens is 1. The highest BCUT2D eigenvalue weighted by Gasteiger charge is 2.21. The van der Waals surface area contributed by atoms with Crippen molar-refractivity contribution in [1.29, 1.82) is 0 Å². The first kappa shape index (κ1) is 26.0. The van der Waals surface area contributed by atoms with Gasteiger partial charge in [0.15, 0.2) is 0 Å². The Hall–Kier alpha value is -4.24. The van der Waals surface area contributed by atoms with Crippen molar-refractivity contribution in [3.63, 3.8) is 0 Å². The number of rotatable bonds is 3. The van der Waals surface area contributed by atoms with Gasteiger partial charge in [-0.1, -0.05) is 85.8 Å². The van der Waals surface area contributed by atoms with E-state index in [1.54, 1.807) is 0 Å². The summed E-state index contributed by atoms with van der Waals surface area (Å²) >= 11 is 0. The lowest BCUT2D eigenvalue weighted by molar-refractivity contribution is -0.131. The predicted octanol–water partition coefficient (Wildman–Crippen LogP) is 8.75.